The summed E-state index contributed by atoms with van der Waals surface area (Å²) in [5, 5.41) is 5.28. The first-order valence-electron chi connectivity index (χ1n) is 6.94. The number of hydrogen-bond donors (Lipinski definition) is 1. The van der Waals surface area contributed by atoms with Crippen molar-refractivity contribution in [3.8, 4) is 0 Å². The van der Waals surface area contributed by atoms with Crippen LogP contribution in [0.15, 0.2) is 41.3 Å². The van der Waals surface area contributed by atoms with Crippen LogP contribution in [0.3, 0.4) is 0 Å². The van der Waals surface area contributed by atoms with Crippen LogP contribution in [0.2, 0.25) is 24.7 Å². The molecule has 0 amide bonds. The number of benzene rings is 1. The van der Waals surface area contributed by atoms with Gasteiger partial charge in [-0.3, -0.25) is 4.98 Å². The highest BCUT2D eigenvalue weighted by Gasteiger charge is 2.18. The van der Waals surface area contributed by atoms with Crippen LogP contribution in [0, 0.1) is 5.82 Å². The van der Waals surface area contributed by atoms with Gasteiger partial charge in [0, 0.05) is 12.4 Å². The molecule has 2 heterocycles. The van der Waals surface area contributed by atoms with E-state index in [1.807, 2.05) is 6.07 Å². The first-order chi connectivity index (χ1) is 10.4. The number of aromatic nitrogens is 1. The lowest BCUT2D eigenvalue weighted by Crippen LogP contribution is -2.37. The van der Waals surface area contributed by atoms with Crippen LogP contribution >= 0.6 is 11.6 Å². The van der Waals surface area contributed by atoms with E-state index in [1.165, 1.54) is 12.5 Å². The van der Waals surface area contributed by atoms with Crippen LogP contribution in [-0.4, -0.2) is 13.1 Å². The average molecular weight is 335 g/mol. The molecule has 0 fully saturated rings. The second-order valence-electron chi connectivity index (χ2n) is 6.22. The van der Waals surface area contributed by atoms with E-state index in [-0.39, 0.29) is 5.82 Å². The molecule has 2 aromatic heterocycles. The molecule has 3 nitrogen and oxygen atoms in total. The fraction of sp³-hybridized carbons (Fsp3) is 0.188. The highest BCUT2D eigenvalue weighted by molar-refractivity contribution is 6.88. The molecule has 0 bridgehead atoms. The maximum atomic E-state index is 14.3. The number of pyridine rings is 1. The maximum absolute atomic E-state index is 14.3. The maximum Gasteiger partial charge on any atom is 0.157 e. The minimum atomic E-state index is -1.53. The van der Waals surface area contributed by atoms with Gasteiger partial charge in [0.25, 0.3) is 0 Å². The van der Waals surface area contributed by atoms with E-state index in [0.717, 1.165) is 10.6 Å². The monoisotopic (exact) mass is 334 g/mol. The zero-order valence-corrected chi connectivity index (χ0v) is 14.3. The van der Waals surface area contributed by atoms with Crippen molar-refractivity contribution in [3.05, 3.63) is 47.7 Å². The third-order valence-corrected chi connectivity index (χ3v) is 5.85. The smallest absolute Gasteiger partial charge is 0.157 e. The van der Waals surface area contributed by atoms with Crippen LogP contribution in [0.4, 0.5) is 15.8 Å². The summed E-state index contributed by atoms with van der Waals surface area (Å²) >= 11 is 6.02. The molecule has 0 saturated carbocycles. The Labute approximate surface area is 134 Å². The van der Waals surface area contributed by atoms with Crippen molar-refractivity contribution >= 4 is 47.2 Å². The number of rotatable bonds is 3. The SMILES string of the molecule is C[Si](C)(C)c1ccc(Nc2coc3c(Cl)cncc23)c(F)c1. The molecular weight excluding hydrogens is 319 g/mol. The topological polar surface area (TPSA) is 38.1 Å². The summed E-state index contributed by atoms with van der Waals surface area (Å²) in [6, 6.07) is 5.35. The Balaban J connectivity index is 1.97. The van der Waals surface area contributed by atoms with Crippen molar-refractivity contribution in [2.24, 2.45) is 0 Å². The lowest BCUT2D eigenvalue weighted by Gasteiger charge is -2.17. The van der Waals surface area contributed by atoms with Crippen LogP contribution in [-0.2, 0) is 0 Å². The second kappa shape index (κ2) is 5.41. The van der Waals surface area contributed by atoms with E-state index in [4.69, 9.17) is 16.0 Å². The minimum absolute atomic E-state index is 0.274. The zero-order valence-electron chi connectivity index (χ0n) is 12.6. The molecule has 0 unspecified atom stereocenters. The molecular formula is C16H16ClFN2OSi. The van der Waals surface area contributed by atoms with Gasteiger partial charge >= 0.3 is 0 Å². The molecule has 0 atom stereocenters. The van der Waals surface area contributed by atoms with Gasteiger partial charge in [0.15, 0.2) is 5.58 Å². The van der Waals surface area contributed by atoms with Crippen LogP contribution < -0.4 is 10.5 Å². The predicted molar refractivity (Wildman–Crippen MR) is 91.7 cm³/mol. The quantitative estimate of drug-likeness (QED) is 0.692. The van der Waals surface area contributed by atoms with Gasteiger partial charge < -0.3 is 9.73 Å². The molecule has 0 spiro atoms. The van der Waals surface area contributed by atoms with E-state index >= 15 is 0 Å². The first-order valence-corrected chi connectivity index (χ1v) is 10.8. The van der Waals surface area contributed by atoms with E-state index in [9.17, 15) is 4.39 Å². The molecule has 0 radical (unpaired) electrons. The summed E-state index contributed by atoms with van der Waals surface area (Å²) < 4.78 is 19.8. The Morgan fingerprint density at radius 2 is 1.95 bits per heavy atom. The Kier molecular flexibility index (Phi) is 3.70. The lowest BCUT2D eigenvalue weighted by molar-refractivity contribution is 0.616. The molecule has 1 N–H and O–H groups in total. The van der Waals surface area contributed by atoms with Gasteiger partial charge in [0.1, 0.15) is 17.1 Å². The molecule has 0 aliphatic carbocycles. The van der Waals surface area contributed by atoms with Crippen molar-refractivity contribution in [2.45, 2.75) is 19.6 Å². The molecule has 0 aliphatic heterocycles. The van der Waals surface area contributed by atoms with Crippen LogP contribution in [0.25, 0.3) is 11.0 Å². The second-order valence-corrected chi connectivity index (χ2v) is 11.7. The van der Waals surface area contributed by atoms with Gasteiger partial charge in [-0.25, -0.2) is 4.39 Å². The van der Waals surface area contributed by atoms with E-state index in [2.05, 4.69) is 29.9 Å². The predicted octanol–water partition coefficient (Wildman–Crippen LogP) is 4.91. The van der Waals surface area contributed by atoms with E-state index < -0.39 is 8.07 Å². The summed E-state index contributed by atoms with van der Waals surface area (Å²) in [4.78, 5) is 4.04. The number of furan rings is 1. The normalized spacial score (nSPS) is 11.9. The molecule has 0 saturated heterocycles. The number of halogens is 2. The fourth-order valence-corrected chi connectivity index (χ4v) is 3.59. The summed E-state index contributed by atoms with van der Waals surface area (Å²) in [6.07, 6.45) is 4.67. The van der Waals surface area contributed by atoms with Gasteiger partial charge in [-0.15, -0.1) is 0 Å². The number of nitrogens with one attached hydrogen (secondary N) is 1. The third kappa shape index (κ3) is 2.74. The minimum Gasteiger partial charge on any atom is -0.460 e. The molecule has 114 valence electrons. The standard InChI is InChI=1S/C16H16ClFN2OSi/c1-22(2,3)10-4-5-14(13(18)6-10)20-15-9-21-16-11(15)7-19-8-12(16)17/h4-9,20H,1-3H3. The molecule has 0 aliphatic rings. The Bertz CT molecular complexity index is 842. The van der Waals surface area contributed by atoms with Crippen molar-refractivity contribution < 1.29 is 8.81 Å². The average Bonchev–Trinajstić information content (AvgIpc) is 2.85. The van der Waals surface area contributed by atoms with Crippen LogP contribution in [0.5, 0.6) is 0 Å². The van der Waals surface area contributed by atoms with Crippen molar-refractivity contribution in [1.29, 1.82) is 0 Å². The summed E-state index contributed by atoms with van der Waals surface area (Å²) in [5.74, 6) is -0.274. The first kappa shape index (κ1) is 15.1. The van der Waals surface area contributed by atoms with Gasteiger partial charge in [-0.1, -0.05) is 42.5 Å². The van der Waals surface area contributed by atoms with Gasteiger partial charge in [-0.2, -0.15) is 0 Å². The highest BCUT2D eigenvalue weighted by atomic mass is 35.5. The Morgan fingerprint density at radius 3 is 2.64 bits per heavy atom. The molecule has 3 rings (SSSR count). The number of fused-ring (bicyclic) bond motifs is 1. The molecule has 22 heavy (non-hydrogen) atoms. The highest BCUT2D eigenvalue weighted by Crippen LogP contribution is 2.32. The molecule has 1 aromatic carbocycles. The van der Waals surface area contributed by atoms with Crippen molar-refractivity contribution in [2.75, 3.05) is 5.32 Å². The zero-order chi connectivity index (χ0) is 15.9. The molecule has 3 aromatic rings. The van der Waals surface area contributed by atoms with Gasteiger partial charge in [0.05, 0.1) is 24.8 Å². The Hall–Kier alpha value is -1.85. The lowest BCUT2D eigenvalue weighted by atomic mass is 10.2. The molecule has 6 heteroatoms. The van der Waals surface area contributed by atoms with Crippen molar-refractivity contribution in [3.63, 3.8) is 0 Å². The number of hydrogen-bond acceptors (Lipinski definition) is 3. The number of anilines is 2. The van der Waals surface area contributed by atoms with Gasteiger partial charge in [-0.05, 0) is 12.1 Å². The van der Waals surface area contributed by atoms with Gasteiger partial charge in [0.2, 0.25) is 0 Å². The van der Waals surface area contributed by atoms with Crippen LogP contribution in [0.1, 0.15) is 0 Å². The fourth-order valence-electron chi connectivity index (χ4n) is 2.24. The van der Waals surface area contributed by atoms with E-state index in [1.54, 1.807) is 18.3 Å². The van der Waals surface area contributed by atoms with Crippen molar-refractivity contribution in [1.82, 2.24) is 4.98 Å². The summed E-state index contributed by atoms with van der Waals surface area (Å²) in [7, 11) is -1.53. The van der Waals surface area contributed by atoms with E-state index in [0.29, 0.717) is 22.0 Å². The summed E-state index contributed by atoms with van der Waals surface area (Å²) in [5.41, 5.74) is 1.59. The summed E-state index contributed by atoms with van der Waals surface area (Å²) in [6.45, 7) is 6.56. The third-order valence-electron chi connectivity index (χ3n) is 3.54. The number of nitrogens with zero attached hydrogens (tertiary/aromatic N) is 1. The largest absolute Gasteiger partial charge is 0.460 e. The Morgan fingerprint density at radius 1 is 1.18 bits per heavy atom.